The molecule has 1 N–H and O–H groups in total. The Morgan fingerprint density at radius 2 is 2.24 bits per heavy atom. The van der Waals surface area contributed by atoms with Gasteiger partial charge in [-0.05, 0) is 31.6 Å². The molecule has 17 heavy (non-hydrogen) atoms. The van der Waals surface area contributed by atoms with Crippen LogP contribution in [0.3, 0.4) is 0 Å². The SMILES string of the molecule is CC(C)C(CI)NC(=O)CCC1CCCCO1. The van der Waals surface area contributed by atoms with Crippen molar-refractivity contribution < 1.29 is 9.53 Å². The van der Waals surface area contributed by atoms with Gasteiger partial charge in [0.1, 0.15) is 0 Å². The first-order chi connectivity index (χ1) is 8.13. The van der Waals surface area contributed by atoms with E-state index in [2.05, 4.69) is 41.8 Å². The van der Waals surface area contributed by atoms with E-state index in [1.165, 1.54) is 12.8 Å². The Hall–Kier alpha value is 0.160. The van der Waals surface area contributed by atoms with Crippen molar-refractivity contribution in [1.29, 1.82) is 0 Å². The summed E-state index contributed by atoms with van der Waals surface area (Å²) < 4.78 is 6.60. The molecule has 0 saturated carbocycles. The number of hydrogen-bond donors (Lipinski definition) is 1. The van der Waals surface area contributed by atoms with Gasteiger partial charge in [-0.1, -0.05) is 36.4 Å². The molecule has 0 aliphatic carbocycles. The average Bonchev–Trinajstić information content (AvgIpc) is 2.34. The van der Waals surface area contributed by atoms with E-state index in [0.717, 1.165) is 23.9 Å². The lowest BCUT2D eigenvalue weighted by Gasteiger charge is -2.23. The van der Waals surface area contributed by atoms with Crippen LogP contribution in [0.25, 0.3) is 0 Å². The first kappa shape index (κ1) is 15.2. The lowest BCUT2D eigenvalue weighted by atomic mass is 10.0. The minimum atomic E-state index is 0.175. The molecule has 1 aliphatic rings. The molecule has 0 aromatic carbocycles. The second-order valence-corrected chi connectivity index (χ2v) is 5.98. The van der Waals surface area contributed by atoms with Crippen molar-refractivity contribution in [2.45, 2.75) is 58.1 Å². The molecule has 1 amide bonds. The van der Waals surface area contributed by atoms with Crippen LogP contribution in [0.5, 0.6) is 0 Å². The minimum absolute atomic E-state index is 0.175. The first-order valence-corrected chi connectivity index (χ1v) is 8.13. The average molecular weight is 353 g/mol. The van der Waals surface area contributed by atoms with Crippen LogP contribution >= 0.6 is 22.6 Å². The molecule has 1 aliphatic heterocycles. The summed E-state index contributed by atoms with van der Waals surface area (Å²) in [5.74, 6) is 0.677. The number of carbonyl (C=O) groups excluding carboxylic acids is 1. The Morgan fingerprint density at radius 3 is 2.76 bits per heavy atom. The summed E-state index contributed by atoms with van der Waals surface area (Å²) in [4.78, 5) is 11.8. The van der Waals surface area contributed by atoms with Gasteiger partial charge < -0.3 is 10.1 Å². The molecule has 2 atom stereocenters. The van der Waals surface area contributed by atoms with Gasteiger partial charge in [-0.15, -0.1) is 0 Å². The topological polar surface area (TPSA) is 38.3 Å². The quantitative estimate of drug-likeness (QED) is 0.589. The summed E-state index contributed by atoms with van der Waals surface area (Å²) in [6.45, 7) is 5.16. The molecule has 2 unspecified atom stereocenters. The molecule has 1 fully saturated rings. The molecule has 0 aromatic heterocycles. The number of nitrogens with one attached hydrogen (secondary N) is 1. The Kier molecular flexibility index (Phi) is 7.43. The van der Waals surface area contributed by atoms with E-state index in [1.807, 2.05) is 0 Å². The lowest BCUT2D eigenvalue weighted by Crippen LogP contribution is -2.40. The minimum Gasteiger partial charge on any atom is -0.378 e. The molecule has 0 aromatic rings. The van der Waals surface area contributed by atoms with E-state index in [1.54, 1.807) is 0 Å². The molecule has 4 heteroatoms. The summed E-state index contributed by atoms with van der Waals surface area (Å²) in [6.07, 6.45) is 5.32. The maximum Gasteiger partial charge on any atom is 0.220 e. The van der Waals surface area contributed by atoms with Gasteiger partial charge in [-0.3, -0.25) is 4.79 Å². The summed E-state index contributed by atoms with van der Waals surface area (Å²) in [6, 6.07) is 0.301. The van der Waals surface area contributed by atoms with Crippen LogP contribution in [0.4, 0.5) is 0 Å². The molecule has 1 heterocycles. The van der Waals surface area contributed by atoms with E-state index in [4.69, 9.17) is 4.74 Å². The summed E-state index contributed by atoms with van der Waals surface area (Å²) in [5, 5.41) is 3.10. The van der Waals surface area contributed by atoms with Gasteiger partial charge in [0.15, 0.2) is 0 Å². The number of hydrogen-bond acceptors (Lipinski definition) is 2. The molecule has 1 rings (SSSR count). The zero-order valence-electron chi connectivity index (χ0n) is 10.9. The Bertz CT molecular complexity index is 227. The third-order valence-corrected chi connectivity index (χ3v) is 4.23. The van der Waals surface area contributed by atoms with Gasteiger partial charge in [0, 0.05) is 23.5 Å². The molecular formula is C13H24INO2. The predicted molar refractivity (Wildman–Crippen MR) is 78.5 cm³/mol. The van der Waals surface area contributed by atoms with Crippen LogP contribution in [0.2, 0.25) is 0 Å². The van der Waals surface area contributed by atoms with Crippen molar-refractivity contribution in [3.05, 3.63) is 0 Å². The van der Waals surface area contributed by atoms with Crippen molar-refractivity contribution >= 4 is 28.5 Å². The monoisotopic (exact) mass is 353 g/mol. The number of ether oxygens (including phenoxy) is 1. The Balaban J connectivity index is 2.19. The van der Waals surface area contributed by atoms with E-state index >= 15 is 0 Å². The highest BCUT2D eigenvalue weighted by Crippen LogP contribution is 2.17. The first-order valence-electron chi connectivity index (χ1n) is 6.60. The number of halogens is 1. The van der Waals surface area contributed by atoms with E-state index in [0.29, 0.717) is 24.5 Å². The van der Waals surface area contributed by atoms with Crippen molar-refractivity contribution in [1.82, 2.24) is 5.32 Å². The van der Waals surface area contributed by atoms with Crippen LogP contribution in [0.15, 0.2) is 0 Å². The zero-order valence-corrected chi connectivity index (χ0v) is 13.0. The number of carbonyl (C=O) groups is 1. The highest BCUT2D eigenvalue weighted by molar-refractivity contribution is 14.1. The summed E-state index contributed by atoms with van der Waals surface area (Å²) in [7, 11) is 0. The Morgan fingerprint density at radius 1 is 1.47 bits per heavy atom. The second-order valence-electron chi connectivity index (χ2n) is 5.10. The van der Waals surface area contributed by atoms with Crippen LogP contribution in [0, 0.1) is 5.92 Å². The van der Waals surface area contributed by atoms with Gasteiger partial charge in [0.2, 0.25) is 5.91 Å². The van der Waals surface area contributed by atoms with Gasteiger partial charge in [-0.25, -0.2) is 0 Å². The maximum atomic E-state index is 11.8. The lowest BCUT2D eigenvalue weighted by molar-refractivity contribution is -0.122. The third kappa shape index (κ3) is 6.04. The van der Waals surface area contributed by atoms with Crippen LogP contribution in [-0.2, 0) is 9.53 Å². The smallest absolute Gasteiger partial charge is 0.220 e. The molecule has 1 saturated heterocycles. The highest BCUT2D eigenvalue weighted by Gasteiger charge is 2.18. The number of alkyl halides is 1. The molecule has 3 nitrogen and oxygen atoms in total. The maximum absolute atomic E-state index is 11.8. The van der Waals surface area contributed by atoms with Gasteiger partial charge >= 0.3 is 0 Å². The number of amides is 1. The van der Waals surface area contributed by atoms with E-state index in [9.17, 15) is 4.79 Å². The normalized spacial score (nSPS) is 22.5. The van der Waals surface area contributed by atoms with Gasteiger partial charge in [0.05, 0.1) is 6.10 Å². The van der Waals surface area contributed by atoms with E-state index < -0.39 is 0 Å². The molecule has 100 valence electrons. The fourth-order valence-electron chi connectivity index (χ4n) is 1.99. The van der Waals surface area contributed by atoms with Crippen molar-refractivity contribution in [2.75, 3.05) is 11.0 Å². The van der Waals surface area contributed by atoms with Gasteiger partial charge in [-0.2, -0.15) is 0 Å². The van der Waals surface area contributed by atoms with E-state index in [-0.39, 0.29) is 5.91 Å². The molecule has 0 spiro atoms. The summed E-state index contributed by atoms with van der Waals surface area (Å²) in [5.41, 5.74) is 0. The van der Waals surface area contributed by atoms with Crippen molar-refractivity contribution in [3.63, 3.8) is 0 Å². The molecule has 0 radical (unpaired) electrons. The largest absolute Gasteiger partial charge is 0.378 e. The third-order valence-electron chi connectivity index (χ3n) is 3.28. The zero-order chi connectivity index (χ0) is 12.7. The van der Waals surface area contributed by atoms with Crippen molar-refractivity contribution in [2.24, 2.45) is 5.92 Å². The standard InChI is InChI=1S/C13H24INO2/c1-10(2)12(9-14)15-13(16)7-6-11-5-3-4-8-17-11/h10-12H,3-9H2,1-2H3,(H,15,16). The predicted octanol–water partition coefficient (Wildman–Crippen LogP) is 2.91. The fraction of sp³-hybridized carbons (Fsp3) is 0.923. The fourth-order valence-corrected chi connectivity index (χ4v) is 3.23. The van der Waals surface area contributed by atoms with Crippen LogP contribution in [-0.4, -0.2) is 29.1 Å². The highest BCUT2D eigenvalue weighted by atomic mass is 127. The van der Waals surface area contributed by atoms with Crippen molar-refractivity contribution in [3.8, 4) is 0 Å². The van der Waals surface area contributed by atoms with Crippen LogP contribution in [0.1, 0.15) is 46.0 Å². The van der Waals surface area contributed by atoms with Gasteiger partial charge in [0.25, 0.3) is 0 Å². The van der Waals surface area contributed by atoms with Crippen LogP contribution < -0.4 is 5.32 Å². The Labute approximate surface area is 118 Å². The molecule has 0 bridgehead atoms. The number of rotatable bonds is 6. The summed E-state index contributed by atoms with van der Waals surface area (Å²) >= 11 is 2.33. The molecular weight excluding hydrogens is 329 g/mol. The second kappa shape index (κ2) is 8.29.